The SMILES string of the molecule is c1ccc(-c2nc3c4cc(-n5c6ccccc6c6ccccc65)ccc4c4ccc(-n5c6ccccc6c6ccccc65)cc4c3nc2-c2ccccc2)cc1. The van der Waals surface area contributed by atoms with Gasteiger partial charge >= 0.3 is 0 Å². The van der Waals surface area contributed by atoms with Crippen molar-refractivity contribution >= 4 is 76.2 Å². The van der Waals surface area contributed by atoms with Crippen molar-refractivity contribution in [3.63, 3.8) is 0 Å². The monoisotopic (exact) mass is 712 g/mol. The van der Waals surface area contributed by atoms with E-state index in [9.17, 15) is 0 Å². The summed E-state index contributed by atoms with van der Waals surface area (Å²) >= 11 is 0. The second-order valence-corrected chi connectivity index (χ2v) is 14.5. The predicted molar refractivity (Wildman–Crippen MR) is 234 cm³/mol. The van der Waals surface area contributed by atoms with E-state index in [2.05, 4.69) is 203 Å². The van der Waals surface area contributed by atoms with Crippen molar-refractivity contribution in [1.82, 2.24) is 19.1 Å². The number of para-hydroxylation sites is 4. The molecule has 12 rings (SSSR count). The molecule has 12 aromatic rings. The summed E-state index contributed by atoms with van der Waals surface area (Å²) in [5.74, 6) is 0. The number of hydrogen-bond donors (Lipinski definition) is 0. The van der Waals surface area contributed by atoms with Crippen LogP contribution in [0, 0.1) is 0 Å². The number of rotatable bonds is 4. The van der Waals surface area contributed by atoms with E-state index in [0.29, 0.717) is 0 Å². The number of nitrogens with zero attached hydrogens (tertiary/aromatic N) is 4. The van der Waals surface area contributed by atoms with E-state index in [1.54, 1.807) is 0 Å². The molecule has 260 valence electrons. The van der Waals surface area contributed by atoms with Crippen LogP contribution >= 0.6 is 0 Å². The largest absolute Gasteiger partial charge is 0.309 e. The summed E-state index contributed by atoms with van der Waals surface area (Å²) in [6, 6.07) is 69.4. The van der Waals surface area contributed by atoms with Crippen molar-refractivity contribution in [1.29, 1.82) is 0 Å². The summed E-state index contributed by atoms with van der Waals surface area (Å²) in [4.78, 5) is 11.3. The highest BCUT2D eigenvalue weighted by atomic mass is 15.0. The van der Waals surface area contributed by atoms with Gasteiger partial charge in [0.1, 0.15) is 0 Å². The van der Waals surface area contributed by atoms with Crippen molar-refractivity contribution in [3.05, 3.63) is 194 Å². The van der Waals surface area contributed by atoms with Crippen molar-refractivity contribution in [2.45, 2.75) is 0 Å². The van der Waals surface area contributed by atoms with Gasteiger partial charge in [-0.05, 0) is 59.3 Å². The fraction of sp³-hybridized carbons (Fsp3) is 0. The maximum Gasteiger partial charge on any atom is 0.0980 e. The summed E-state index contributed by atoms with van der Waals surface area (Å²) in [6.07, 6.45) is 0. The average Bonchev–Trinajstić information content (AvgIpc) is 3.79. The Kier molecular flexibility index (Phi) is 6.60. The number of hydrogen-bond acceptors (Lipinski definition) is 2. The third kappa shape index (κ3) is 4.47. The van der Waals surface area contributed by atoms with Crippen molar-refractivity contribution in [3.8, 4) is 33.9 Å². The molecule has 56 heavy (non-hydrogen) atoms. The second-order valence-electron chi connectivity index (χ2n) is 14.5. The van der Waals surface area contributed by atoms with Crippen molar-refractivity contribution < 1.29 is 0 Å². The smallest absolute Gasteiger partial charge is 0.0980 e. The Bertz CT molecular complexity index is 3180. The molecule has 3 aromatic heterocycles. The number of fused-ring (bicyclic) bond motifs is 12. The van der Waals surface area contributed by atoms with Crippen LogP contribution in [0.2, 0.25) is 0 Å². The van der Waals surface area contributed by atoms with E-state index in [-0.39, 0.29) is 0 Å². The molecule has 0 spiro atoms. The summed E-state index contributed by atoms with van der Waals surface area (Å²) < 4.78 is 4.77. The quantitative estimate of drug-likeness (QED) is 0.170. The summed E-state index contributed by atoms with van der Waals surface area (Å²) in [5, 5.41) is 9.39. The van der Waals surface area contributed by atoms with E-state index >= 15 is 0 Å². The molecule has 9 aromatic carbocycles. The minimum absolute atomic E-state index is 0.866. The van der Waals surface area contributed by atoms with E-state index < -0.39 is 0 Å². The topological polar surface area (TPSA) is 35.6 Å². The standard InChI is InChI=1S/C52H32N4/c1-3-15-33(16-4-1)49-50(34-17-5-2-6-18-34)54-52-44-32-36(56-47-25-13-9-21-41(47)42-22-10-14-26-48(42)56)28-30-38(44)37-29-27-35(31-43(37)51(52)53-49)55-45-23-11-7-19-39(45)40-20-8-12-24-46(40)55/h1-32H. The first kappa shape index (κ1) is 30.9. The lowest BCUT2D eigenvalue weighted by Crippen LogP contribution is -2.00. The minimum Gasteiger partial charge on any atom is -0.309 e. The fourth-order valence-corrected chi connectivity index (χ4v) is 9.01. The fourth-order valence-electron chi connectivity index (χ4n) is 9.01. The number of aromatic nitrogens is 4. The van der Waals surface area contributed by atoms with Gasteiger partial charge in [-0.2, -0.15) is 0 Å². The van der Waals surface area contributed by atoms with Gasteiger partial charge < -0.3 is 9.13 Å². The van der Waals surface area contributed by atoms with Gasteiger partial charge in [0.15, 0.2) is 0 Å². The van der Waals surface area contributed by atoms with Gasteiger partial charge in [0.05, 0.1) is 44.5 Å². The van der Waals surface area contributed by atoms with E-state index in [1.807, 2.05) is 0 Å². The molecule has 0 bridgehead atoms. The Balaban J connectivity index is 1.22. The molecule has 4 nitrogen and oxygen atoms in total. The Morgan fingerprint density at radius 1 is 0.268 bits per heavy atom. The lowest BCUT2D eigenvalue weighted by molar-refractivity contribution is 1.18. The molecular weight excluding hydrogens is 681 g/mol. The van der Waals surface area contributed by atoms with Crippen LogP contribution in [0.15, 0.2) is 194 Å². The molecule has 0 aliphatic heterocycles. The highest BCUT2D eigenvalue weighted by Gasteiger charge is 2.21. The maximum absolute atomic E-state index is 5.66. The minimum atomic E-state index is 0.866. The predicted octanol–water partition coefficient (Wildman–Crippen LogP) is 13.5. The lowest BCUT2D eigenvalue weighted by atomic mass is 9.96. The second kappa shape index (κ2) is 12.0. The van der Waals surface area contributed by atoms with Crippen LogP contribution in [0.4, 0.5) is 0 Å². The van der Waals surface area contributed by atoms with Crippen molar-refractivity contribution in [2.75, 3.05) is 0 Å². The van der Waals surface area contributed by atoms with Crippen LogP contribution in [-0.2, 0) is 0 Å². The first-order chi connectivity index (χ1) is 27.8. The van der Waals surface area contributed by atoms with E-state index in [4.69, 9.17) is 9.97 Å². The van der Waals surface area contributed by atoms with Crippen LogP contribution in [0.25, 0.3) is 110 Å². The maximum atomic E-state index is 5.66. The zero-order chi connectivity index (χ0) is 36.7. The first-order valence-electron chi connectivity index (χ1n) is 19.1. The van der Waals surface area contributed by atoms with Crippen LogP contribution in [0.3, 0.4) is 0 Å². The normalized spacial score (nSPS) is 11.9. The highest BCUT2D eigenvalue weighted by molar-refractivity contribution is 6.24. The van der Waals surface area contributed by atoms with Gasteiger partial charge in [0.2, 0.25) is 0 Å². The molecular formula is C52H32N4. The van der Waals surface area contributed by atoms with Crippen LogP contribution < -0.4 is 0 Å². The molecule has 0 radical (unpaired) electrons. The summed E-state index contributed by atoms with van der Waals surface area (Å²) in [7, 11) is 0. The Morgan fingerprint density at radius 3 is 0.946 bits per heavy atom. The van der Waals surface area contributed by atoms with Crippen molar-refractivity contribution in [2.24, 2.45) is 0 Å². The molecule has 0 aliphatic rings. The van der Waals surface area contributed by atoms with Gasteiger partial charge in [-0.3, -0.25) is 0 Å². The third-order valence-corrected chi connectivity index (χ3v) is 11.5. The molecule has 0 fully saturated rings. The molecule has 3 heterocycles. The van der Waals surface area contributed by atoms with Gasteiger partial charge in [-0.15, -0.1) is 0 Å². The Labute approximate surface area is 322 Å². The zero-order valence-corrected chi connectivity index (χ0v) is 30.3. The van der Waals surface area contributed by atoms with Crippen LogP contribution in [-0.4, -0.2) is 19.1 Å². The highest BCUT2D eigenvalue weighted by Crippen LogP contribution is 2.42. The van der Waals surface area contributed by atoms with Crippen LogP contribution in [0.1, 0.15) is 0 Å². The molecule has 4 heteroatoms. The van der Waals surface area contributed by atoms with Gasteiger partial charge in [0, 0.05) is 54.8 Å². The van der Waals surface area contributed by atoms with E-state index in [0.717, 1.165) is 66.5 Å². The summed E-state index contributed by atoms with van der Waals surface area (Å²) in [5.41, 5.74) is 12.5. The zero-order valence-electron chi connectivity index (χ0n) is 30.3. The van der Waals surface area contributed by atoms with Gasteiger partial charge in [-0.1, -0.05) is 146 Å². The molecule has 0 saturated heterocycles. The third-order valence-electron chi connectivity index (χ3n) is 11.5. The molecule has 0 saturated carbocycles. The van der Waals surface area contributed by atoms with Crippen LogP contribution in [0.5, 0.6) is 0 Å². The molecule has 0 amide bonds. The summed E-state index contributed by atoms with van der Waals surface area (Å²) in [6.45, 7) is 0. The molecule has 0 N–H and O–H groups in total. The molecule has 0 unspecified atom stereocenters. The average molecular weight is 713 g/mol. The molecule has 0 atom stereocenters. The Hall–Kier alpha value is -7.56. The first-order valence-corrected chi connectivity index (χ1v) is 19.1. The lowest BCUT2D eigenvalue weighted by Gasteiger charge is -2.17. The molecule has 0 aliphatic carbocycles. The van der Waals surface area contributed by atoms with Gasteiger partial charge in [-0.25, -0.2) is 9.97 Å². The van der Waals surface area contributed by atoms with E-state index in [1.165, 1.54) is 43.6 Å². The number of benzene rings is 9. The Morgan fingerprint density at radius 2 is 0.589 bits per heavy atom. The van der Waals surface area contributed by atoms with Gasteiger partial charge in [0.25, 0.3) is 0 Å².